The molecule has 1 N–H and O–H groups in total. The molecule has 6 heteroatoms. The monoisotopic (exact) mass is 401 g/mol. The third-order valence-electron chi connectivity index (χ3n) is 4.91. The SMILES string of the molecule is Cc1ccc(SCCCNC(=O)c2c(C)cc(C3CCOCC3)oc2=O)cc1. The fourth-order valence-corrected chi connectivity index (χ4v) is 4.13. The Bertz CT molecular complexity index is 854. The molecule has 0 bridgehead atoms. The standard InChI is InChI=1S/C22H27NO4S/c1-15-4-6-18(7-5-15)28-13-3-10-23-21(24)20-16(2)14-19(27-22(20)25)17-8-11-26-12-9-17/h4-7,14,17H,3,8-13H2,1-2H3,(H,23,24). The van der Waals surface area contributed by atoms with Gasteiger partial charge in [0.05, 0.1) is 0 Å². The Balaban J connectivity index is 1.51. The van der Waals surface area contributed by atoms with E-state index in [1.54, 1.807) is 18.7 Å². The van der Waals surface area contributed by atoms with Crippen molar-refractivity contribution in [2.45, 2.75) is 43.9 Å². The Morgan fingerprint density at radius 2 is 1.89 bits per heavy atom. The largest absolute Gasteiger partial charge is 0.427 e. The highest BCUT2D eigenvalue weighted by Crippen LogP contribution is 2.27. The lowest BCUT2D eigenvalue weighted by Crippen LogP contribution is -2.31. The van der Waals surface area contributed by atoms with E-state index in [0.29, 0.717) is 31.1 Å². The van der Waals surface area contributed by atoms with Crippen molar-refractivity contribution in [1.82, 2.24) is 5.32 Å². The molecule has 0 saturated carbocycles. The number of rotatable bonds is 7. The fraction of sp³-hybridized carbons (Fsp3) is 0.455. The average molecular weight is 402 g/mol. The Morgan fingerprint density at radius 3 is 2.57 bits per heavy atom. The molecule has 1 aliphatic rings. The second-order valence-electron chi connectivity index (χ2n) is 7.15. The number of aryl methyl sites for hydroxylation is 2. The van der Waals surface area contributed by atoms with E-state index >= 15 is 0 Å². The van der Waals surface area contributed by atoms with Gasteiger partial charge in [-0.1, -0.05) is 17.7 Å². The molecule has 1 amide bonds. The van der Waals surface area contributed by atoms with Gasteiger partial charge in [0.25, 0.3) is 5.91 Å². The van der Waals surface area contributed by atoms with Gasteiger partial charge in [-0.3, -0.25) is 4.79 Å². The molecule has 150 valence electrons. The van der Waals surface area contributed by atoms with Crippen LogP contribution in [0.1, 0.15) is 52.4 Å². The second kappa shape index (κ2) is 9.94. The summed E-state index contributed by atoms with van der Waals surface area (Å²) in [5, 5.41) is 2.84. The summed E-state index contributed by atoms with van der Waals surface area (Å²) >= 11 is 1.76. The van der Waals surface area contributed by atoms with Gasteiger partial charge in [-0.05, 0) is 62.6 Å². The quantitative estimate of drug-likeness (QED) is 0.560. The Morgan fingerprint density at radius 1 is 1.18 bits per heavy atom. The summed E-state index contributed by atoms with van der Waals surface area (Å²) in [6.07, 6.45) is 2.51. The van der Waals surface area contributed by atoms with Gasteiger partial charge in [0.15, 0.2) is 0 Å². The van der Waals surface area contributed by atoms with Crippen molar-refractivity contribution in [3.63, 3.8) is 0 Å². The molecule has 2 aromatic rings. The van der Waals surface area contributed by atoms with Gasteiger partial charge >= 0.3 is 5.63 Å². The Labute approximate surface area is 169 Å². The van der Waals surface area contributed by atoms with Crippen LogP contribution in [0.5, 0.6) is 0 Å². The van der Waals surface area contributed by atoms with E-state index in [9.17, 15) is 9.59 Å². The van der Waals surface area contributed by atoms with Crippen molar-refractivity contribution in [2.75, 3.05) is 25.5 Å². The molecule has 0 aliphatic carbocycles. The zero-order valence-corrected chi connectivity index (χ0v) is 17.3. The number of benzene rings is 1. The second-order valence-corrected chi connectivity index (χ2v) is 8.32. The molecule has 0 radical (unpaired) electrons. The first-order valence-electron chi connectivity index (χ1n) is 9.74. The summed E-state index contributed by atoms with van der Waals surface area (Å²) in [7, 11) is 0. The van der Waals surface area contributed by atoms with Crippen LogP contribution in [-0.2, 0) is 4.74 Å². The van der Waals surface area contributed by atoms with Gasteiger partial charge in [0.2, 0.25) is 0 Å². The van der Waals surface area contributed by atoms with E-state index in [4.69, 9.17) is 9.15 Å². The minimum absolute atomic E-state index is 0.113. The van der Waals surface area contributed by atoms with Gasteiger partial charge < -0.3 is 14.5 Å². The molecule has 1 aliphatic heterocycles. The first-order chi connectivity index (χ1) is 13.5. The molecule has 3 rings (SSSR count). The van der Waals surface area contributed by atoms with Crippen LogP contribution in [0.15, 0.2) is 44.4 Å². The number of nitrogens with one attached hydrogen (secondary N) is 1. The molecule has 5 nitrogen and oxygen atoms in total. The van der Waals surface area contributed by atoms with Crippen LogP contribution in [0.2, 0.25) is 0 Å². The van der Waals surface area contributed by atoms with Crippen molar-refractivity contribution >= 4 is 17.7 Å². The lowest BCUT2D eigenvalue weighted by atomic mass is 9.95. The molecule has 1 fully saturated rings. The van der Waals surface area contributed by atoms with Crippen LogP contribution in [0, 0.1) is 13.8 Å². The minimum atomic E-state index is -0.548. The van der Waals surface area contributed by atoms with Crippen LogP contribution < -0.4 is 10.9 Å². The summed E-state index contributed by atoms with van der Waals surface area (Å²) in [6.45, 7) is 5.74. The van der Waals surface area contributed by atoms with Crippen molar-refractivity contribution in [3.8, 4) is 0 Å². The number of carbonyl (C=O) groups is 1. The molecule has 0 unspecified atom stereocenters. The Kier molecular flexibility index (Phi) is 7.34. The first kappa shape index (κ1) is 20.7. The summed E-state index contributed by atoms with van der Waals surface area (Å²) in [5.74, 6) is 1.40. The molecule has 1 aromatic carbocycles. The molecule has 28 heavy (non-hydrogen) atoms. The lowest BCUT2D eigenvalue weighted by Gasteiger charge is -2.21. The van der Waals surface area contributed by atoms with E-state index in [-0.39, 0.29) is 17.4 Å². The smallest absolute Gasteiger partial charge is 0.349 e. The van der Waals surface area contributed by atoms with E-state index in [1.807, 2.05) is 6.07 Å². The highest BCUT2D eigenvalue weighted by molar-refractivity contribution is 7.99. The molecule has 0 atom stereocenters. The maximum atomic E-state index is 12.4. The summed E-state index contributed by atoms with van der Waals surface area (Å²) < 4.78 is 10.8. The van der Waals surface area contributed by atoms with Crippen molar-refractivity contribution in [2.24, 2.45) is 0 Å². The van der Waals surface area contributed by atoms with Crippen LogP contribution in [0.3, 0.4) is 0 Å². The molecule has 2 heterocycles. The number of amides is 1. The van der Waals surface area contributed by atoms with Crippen molar-refractivity contribution in [3.05, 3.63) is 63.2 Å². The molecular formula is C22H27NO4S. The zero-order valence-electron chi connectivity index (χ0n) is 16.5. The van der Waals surface area contributed by atoms with Crippen LogP contribution in [0.25, 0.3) is 0 Å². The van der Waals surface area contributed by atoms with E-state index in [1.165, 1.54) is 10.5 Å². The fourth-order valence-electron chi connectivity index (χ4n) is 3.28. The van der Waals surface area contributed by atoms with Crippen LogP contribution >= 0.6 is 11.8 Å². The number of thioether (sulfide) groups is 1. The van der Waals surface area contributed by atoms with Crippen LogP contribution in [0.4, 0.5) is 0 Å². The molecular weight excluding hydrogens is 374 g/mol. The summed E-state index contributed by atoms with van der Waals surface area (Å²) in [5.41, 5.74) is 1.48. The highest BCUT2D eigenvalue weighted by atomic mass is 32.2. The number of ether oxygens (including phenoxy) is 1. The van der Waals surface area contributed by atoms with Crippen LogP contribution in [-0.4, -0.2) is 31.4 Å². The molecule has 0 spiro atoms. The third kappa shape index (κ3) is 5.49. The highest BCUT2D eigenvalue weighted by Gasteiger charge is 2.22. The summed E-state index contributed by atoms with van der Waals surface area (Å²) in [6, 6.07) is 10.2. The van der Waals surface area contributed by atoms with Gasteiger partial charge in [0.1, 0.15) is 11.3 Å². The van der Waals surface area contributed by atoms with Gasteiger partial charge in [-0.25, -0.2) is 4.79 Å². The first-order valence-corrected chi connectivity index (χ1v) is 10.7. The molecule has 1 aromatic heterocycles. The van der Waals surface area contributed by atoms with Gasteiger partial charge in [-0.15, -0.1) is 11.8 Å². The minimum Gasteiger partial charge on any atom is -0.427 e. The molecule has 1 saturated heterocycles. The van der Waals surface area contributed by atoms with Gasteiger partial charge in [-0.2, -0.15) is 0 Å². The van der Waals surface area contributed by atoms with Gasteiger partial charge in [0, 0.05) is 30.6 Å². The van der Waals surface area contributed by atoms with Crippen molar-refractivity contribution in [1.29, 1.82) is 0 Å². The summed E-state index contributed by atoms with van der Waals surface area (Å²) in [4.78, 5) is 26.0. The van der Waals surface area contributed by atoms with E-state index in [0.717, 1.165) is 25.0 Å². The topological polar surface area (TPSA) is 68.5 Å². The lowest BCUT2D eigenvalue weighted by molar-refractivity contribution is 0.0795. The Hall–Kier alpha value is -2.05. The number of carbonyl (C=O) groups excluding carboxylic acids is 1. The number of hydrogen-bond donors (Lipinski definition) is 1. The zero-order chi connectivity index (χ0) is 19.9. The average Bonchev–Trinajstić information content (AvgIpc) is 2.69. The predicted molar refractivity (Wildman–Crippen MR) is 111 cm³/mol. The maximum Gasteiger partial charge on any atom is 0.349 e. The maximum absolute atomic E-state index is 12.4. The predicted octanol–water partition coefficient (Wildman–Crippen LogP) is 4.06. The normalized spacial score (nSPS) is 14.8. The van der Waals surface area contributed by atoms with E-state index in [2.05, 4.69) is 36.5 Å². The number of hydrogen-bond acceptors (Lipinski definition) is 5. The third-order valence-corrected chi connectivity index (χ3v) is 6.01. The van der Waals surface area contributed by atoms with E-state index < -0.39 is 5.63 Å². The van der Waals surface area contributed by atoms with Crippen molar-refractivity contribution < 1.29 is 13.9 Å².